The average molecular weight is 207 g/mol. The fourth-order valence-corrected chi connectivity index (χ4v) is 1.74. The van der Waals surface area contributed by atoms with Gasteiger partial charge < -0.3 is 10.1 Å². The maximum absolute atomic E-state index is 5.31. The lowest BCUT2D eigenvalue weighted by atomic mass is 10.2. The minimum absolute atomic E-state index is 0.406. The molecule has 1 aromatic rings. The van der Waals surface area contributed by atoms with Crippen molar-refractivity contribution in [2.24, 2.45) is 0 Å². The molecule has 0 spiro atoms. The van der Waals surface area contributed by atoms with Gasteiger partial charge >= 0.3 is 0 Å². The highest BCUT2D eigenvalue weighted by Gasteiger charge is 2.15. The second-order valence-corrected chi connectivity index (χ2v) is 3.85. The lowest BCUT2D eigenvalue weighted by Crippen LogP contribution is -2.20. The van der Waals surface area contributed by atoms with Crippen LogP contribution in [0.2, 0.25) is 0 Å². The first-order valence-corrected chi connectivity index (χ1v) is 5.46. The van der Waals surface area contributed by atoms with Crippen molar-refractivity contribution in [1.82, 2.24) is 9.97 Å². The van der Waals surface area contributed by atoms with E-state index in [1.54, 1.807) is 0 Å². The number of aryl methyl sites for hydroxylation is 2. The van der Waals surface area contributed by atoms with Crippen molar-refractivity contribution in [3.63, 3.8) is 0 Å². The summed E-state index contributed by atoms with van der Waals surface area (Å²) in [4.78, 5) is 8.71. The van der Waals surface area contributed by atoms with Gasteiger partial charge in [-0.2, -0.15) is 0 Å². The number of nitrogens with zero attached hydrogens (tertiary/aromatic N) is 2. The number of ether oxygens (including phenoxy) is 1. The van der Waals surface area contributed by atoms with E-state index >= 15 is 0 Å². The molecule has 0 amide bonds. The lowest BCUT2D eigenvalue weighted by molar-refractivity contribution is 0.195. The van der Waals surface area contributed by atoms with Crippen LogP contribution in [0.1, 0.15) is 24.9 Å². The summed E-state index contributed by atoms with van der Waals surface area (Å²) in [5.74, 6) is 1.76. The monoisotopic (exact) mass is 207 g/mol. The molecule has 0 aliphatic carbocycles. The van der Waals surface area contributed by atoms with Gasteiger partial charge in [0.25, 0.3) is 0 Å². The molecule has 1 atom stereocenters. The summed E-state index contributed by atoms with van der Waals surface area (Å²) in [7, 11) is 0. The van der Waals surface area contributed by atoms with Crippen LogP contribution in [0.4, 0.5) is 5.82 Å². The summed E-state index contributed by atoms with van der Waals surface area (Å²) in [6.07, 6.45) is 2.00. The molecule has 2 rings (SSSR count). The third-order valence-corrected chi connectivity index (χ3v) is 2.53. The minimum Gasteiger partial charge on any atom is -0.379 e. The van der Waals surface area contributed by atoms with Gasteiger partial charge in [0, 0.05) is 18.4 Å². The van der Waals surface area contributed by atoms with Crippen LogP contribution in [0.15, 0.2) is 6.07 Å². The van der Waals surface area contributed by atoms with Gasteiger partial charge in [-0.3, -0.25) is 0 Å². The zero-order valence-electron chi connectivity index (χ0n) is 9.29. The Morgan fingerprint density at radius 1 is 1.53 bits per heavy atom. The molecule has 0 radical (unpaired) electrons. The highest BCUT2D eigenvalue weighted by molar-refractivity contribution is 5.37. The normalized spacial score (nSPS) is 20.5. The van der Waals surface area contributed by atoms with Gasteiger partial charge in [0.1, 0.15) is 11.6 Å². The maximum Gasteiger partial charge on any atom is 0.130 e. The van der Waals surface area contributed by atoms with E-state index in [9.17, 15) is 0 Å². The molecule has 1 aliphatic rings. The Balaban J connectivity index is 2.09. The second kappa shape index (κ2) is 4.57. The molecule has 1 aliphatic heterocycles. The van der Waals surface area contributed by atoms with Gasteiger partial charge in [0.2, 0.25) is 0 Å². The molecule has 1 fully saturated rings. The molecule has 0 bridgehead atoms. The van der Waals surface area contributed by atoms with E-state index in [-0.39, 0.29) is 0 Å². The topological polar surface area (TPSA) is 47.0 Å². The van der Waals surface area contributed by atoms with Crippen molar-refractivity contribution in [2.75, 3.05) is 18.5 Å². The molecule has 82 valence electrons. The van der Waals surface area contributed by atoms with Crippen LogP contribution in [0.25, 0.3) is 0 Å². The molecular weight excluding hydrogens is 190 g/mol. The molecule has 1 saturated heterocycles. The summed E-state index contributed by atoms with van der Waals surface area (Å²) in [6, 6.07) is 2.43. The Bertz CT molecular complexity index is 335. The van der Waals surface area contributed by atoms with E-state index in [1.165, 1.54) is 0 Å². The summed E-state index contributed by atoms with van der Waals surface area (Å²) >= 11 is 0. The second-order valence-electron chi connectivity index (χ2n) is 3.85. The smallest absolute Gasteiger partial charge is 0.130 e. The quantitative estimate of drug-likeness (QED) is 0.817. The number of hydrogen-bond acceptors (Lipinski definition) is 4. The maximum atomic E-state index is 5.31. The molecule has 4 nitrogen and oxygen atoms in total. The van der Waals surface area contributed by atoms with E-state index in [2.05, 4.69) is 22.2 Å². The van der Waals surface area contributed by atoms with Crippen molar-refractivity contribution < 1.29 is 4.74 Å². The van der Waals surface area contributed by atoms with Crippen LogP contribution in [-0.2, 0) is 11.2 Å². The summed E-state index contributed by atoms with van der Waals surface area (Å²) in [5.41, 5.74) is 1.09. The minimum atomic E-state index is 0.406. The Morgan fingerprint density at radius 2 is 2.40 bits per heavy atom. The zero-order valence-corrected chi connectivity index (χ0v) is 9.29. The van der Waals surface area contributed by atoms with Crippen LogP contribution >= 0.6 is 0 Å². The highest BCUT2D eigenvalue weighted by Crippen LogP contribution is 2.13. The number of rotatable bonds is 3. The van der Waals surface area contributed by atoms with Gasteiger partial charge in [-0.15, -0.1) is 0 Å². The third-order valence-electron chi connectivity index (χ3n) is 2.53. The van der Waals surface area contributed by atoms with Crippen LogP contribution in [0, 0.1) is 6.92 Å². The predicted octanol–water partition coefficient (Wildman–Crippen LogP) is 1.55. The molecule has 2 heterocycles. The van der Waals surface area contributed by atoms with Gasteiger partial charge in [-0.25, -0.2) is 9.97 Å². The van der Waals surface area contributed by atoms with E-state index < -0.39 is 0 Å². The predicted molar refractivity (Wildman–Crippen MR) is 59.0 cm³/mol. The first-order valence-electron chi connectivity index (χ1n) is 5.46. The van der Waals surface area contributed by atoms with Crippen LogP contribution in [0.5, 0.6) is 0 Å². The van der Waals surface area contributed by atoms with E-state index in [0.717, 1.165) is 43.4 Å². The molecule has 1 aromatic heterocycles. The van der Waals surface area contributed by atoms with Gasteiger partial charge in [0.05, 0.1) is 12.6 Å². The highest BCUT2D eigenvalue weighted by atomic mass is 16.5. The van der Waals surface area contributed by atoms with Crippen LogP contribution in [0.3, 0.4) is 0 Å². The Kier molecular flexibility index (Phi) is 3.16. The summed E-state index contributed by atoms with van der Waals surface area (Å²) in [6.45, 7) is 5.66. The average Bonchev–Trinajstić information content (AvgIpc) is 2.69. The molecule has 15 heavy (non-hydrogen) atoms. The number of anilines is 1. The van der Waals surface area contributed by atoms with Gasteiger partial charge in [0.15, 0.2) is 0 Å². The third kappa shape index (κ3) is 2.65. The van der Waals surface area contributed by atoms with Crippen molar-refractivity contribution in [2.45, 2.75) is 32.7 Å². The van der Waals surface area contributed by atoms with Crippen LogP contribution < -0.4 is 5.32 Å². The molecule has 1 N–H and O–H groups in total. The summed E-state index contributed by atoms with van der Waals surface area (Å²) < 4.78 is 5.31. The van der Waals surface area contributed by atoms with Crippen molar-refractivity contribution in [3.8, 4) is 0 Å². The van der Waals surface area contributed by atoms with Crippen molar-refractivity contribution in [3.05, 3.63) is 17.6 Å². The van der Waals surface area contributed by atoms with E-state index in [0.29, 0.717) is 6.04 Å². The zero-order chi connectivity index (χ0) is 10.7. The van der Waals surface area contributed by atoms with E-state index in [4.69, 9.17) is 4.74 Å². The first kappa shape index (κ1) is 10.4. The first-order chi connectivity index (χ1) is 7.28. The Labute approximate surface area is 90.1 Å². The SMILES string of the molecule is CCc1cc(NC2CCOC2)nc(C)n1. The fraction of sp³-hybridized carbons (Fsp3) is 0.636. The number of hydrogen-bond donors (Lipinski definition) is 1. The largest absolute Gasteiger partial charge is 0.379 e. The standard InChI is InChI=1S/C11H17N3O/c1-3-9-6-11(13-8(2)12-9)14-10-4-5-15-7-10/h6,10H,3-5,7H2,1-2H3,(H,12,13,14). The fourth-order valence-electron chi connectivity index (χ4n) is 1.74. The number of nitrogens with one attached hydrogen (secondary N) is 1. The Morgan fingerprint density at radius 3 is 3.07 bits per heavy atom. The van der Waals surface area contributed by atoms with Gasteiger partial charge in [-0.05, 0) is 19.8 Å². The molecule has 4 heteroatoms. The van der Waals surface area contributed by atoms with Crippen LogP contribution in [-0.4, -0.2) is 29.2 Å². The molecule has 0 aromatic carbocycles. The van der Waals surface area contributed by atoms with Gasteiger partial charge in [-0.1, -0.05) is 6.92 Å². The van der Waals surface area contributed by atoms with Crippen molar-refractivity contribution >= 4 is 5.82 Å². The van der Waals surface area contributed by atoms with Crippen molar-refractivity contribution in [1.29, 1.82) is 0 Å². The van der Waals surface area contributed by atoms with E-state index in [1.807, 2.05) is 13.0 Å². The Hall–Kier alpha value is -1.16. The molecule has 0 saturated carbocycles. The molecule has 1 unspecified atom stereocenters. The number of aromatic nitrogens is 2. The lowest BCUT2D eigenvalue weighted by Gasteiger charge is -2.12. The molecular formula is C11H17N3O. The summed E-state index contributed by atoms with van der Waals surface area (Å²) in [5, 5.41) is 3.38.